The molecule has 2 aromatic carbocycles. The van der Waals surface area contributed by atoms with Crippen LogP contribution in [-0.4, -0.2) is 32.4 Å². The summed E-state index contributed by atoms with van der Waals surface area (Å²) in [6, 6.07) is 15.0. The molecule has 3 aromatic rings. The minimum atomic E-state index is -0.375. The van der Waals surface area contributed by atoms with E-state index in [1.165, 1.54) is 12.1 Å². The third-order valence-electron chi connectivity index (χ3n) is 3.46. The number of hydrogen-bond acceptors (Lipinski definition) is 4. The molecule has 26 heavy (non-hydrogen) atoms. The van der Waals surface area contributed by atoms with Crippen LogP contribution in [0.4, 0.5) is 4.39 Å². The van der Waals surface area contributed by atoms with Crippen molar-refractivity contribution >= 4 is 11.0 Å². The van der Waals surface area contributed by atoms with E-state index >= 15 is 0 Å². The van der Waals surface area contributed by atoms with E-state index in [0.717, 1.165) is 28.0 Å². The van der Waals surface area contributed by atoms with Gasteiger partial charge in [-0.05, 0) is 39.3 Å². The number of hydrogen-bond donors (Lipinski definition) is 2. The number of halogens is 1. The van der Waals surface area contributed by atoms with E-state index in [1.54, 1.807) is 19.9 Å². The Morgan fingerprint density at radius 3 is 2.04 bits per heavy atom. The van der Waals surface area contributed by atoms with Crippen molar-refractivity contribution in [2.24, 2.45) is 0 Å². The molecule has 1 aromatic heterocycles. The minimum Gasteiger partial charge on any atom is -0.393 e. The molecule has 0 aliphatic carbocycles. The van der Waals surface area contributed by atoms with Gasteiger partial charge in [-0.25, -0.2) is 0 Å². The monoisotopic (exact) mass is 534 g/mol. The molecule has 4 nitrogen and oxygen atoms in total. The SMILES string of the molecule is CC(O)CC(C)O.Cc1nc2ccccc2nc1-c1[c-]cc(F)cc1.[Ir]. The van der Waals surface area contributed by atoms with E-state index in [0.29, 0.717) is 6.42 Å². The molecule has 0 aliphatic heterocycles. The van der Waals surface area contributed by atoms with Gasteiger partial charge in [0.1, 0.15) is 0 Å². The van der Waals surface area contributed by atoms with Crippen LogP contribution in [-0.2, 0) is 20.1 Å². The Morgan fingerprint density at radius 2 is 1.58 bits per heavy atom. The molecule has 0 bridgehead atoms. The van der Waals surface area contributed by atoms with Gasteiger partial charge in [-0.15, -0.1) is 29.8 Å². The molecule has 2 unspecified atom stereocenters. The van der Waals surface area contributed by atoms with Crippen LogP contribution in [0.5, 0.6) is 0 Å². The maximum atomic E-state index is 12.9. The molecule has 0 aliphatic rings. The summed E-state index contributed by atoms with van der Waals surface area (Å²) in [7, 11) is 0. The molecule has 1 radical (unpaired) electrons. The van der Waals surface area contributed by atoms with E-state index in [9.17, 15) is 4.39 Å². The Balaban J connectivity index is 0.000000366. The number of nitrogens with zero attached hydrogens (tertiary/aromatic N) is 2. The molecular formula is C20H22FIrN2O2-. The standard InChI is InChI=1S/C15H10FN2.C5H12O2.Ir/c1-10-15(11-6-8-12(16)9-7-11)18-14-5-3-2-4-13(14)17-10;1-4(6)3-5(2)7;/h2-6,8-9H,1H3;4-7H,3H2,1-2H3;/q-1;;. The number of aliphatic hydroxyl groups excluding tert-OH is 2. The van der Waals surface area contributed by atoms with Crippen LogP contribution in [0, 0.1) is 18.8 Å². The second-order valence-corrected chi connectivity index (χ2v) is 6.00. The van der Waals surface area contributed by atoms with Crippen molar-refractivity contribution in [2.45, 2.75) is 39.4 Å². The quantitative estimate of drug-likeness (QED) is 0.505. The molecule has 0 spiro atoms. The molecule has 2 N–H and O–H groups in total. The van der Waals surface area contributed by atoms with Gasteiger partial charge in [0, 0.05) is 37.3 Å². The number of aliphatic hydroxyl groups is 2. The summed E-state index contributed by atoms with van der Waals surface area (Å²) in [6.45, 7) is 5.21. The van der Waals surface area contributed by atoms with Crippen molar-refractivity contribution in [3.05, 3.63) is 60.0 Å². The second-order valence-electron chi connectivity index (χ2n) is 6.00. The largest absolute Gasteiger partial charge is 0.393 e. The van der Waals surface area contributed by atoms with Gasteiger partial charge in [-0.2, -0.15) is 0 Å². The summed E-state index contributed by atoms with van der Waals surface area (Å²) in [6.07, 6.45) is -0.278. The zero-order valence-electron chi connectivity index (χ0n) is 14.9. The average molecular weight is 534 g/mol. The van der Waals surface area contributed by atoms with Crippen LogP contribution in [0.25, 0.3) is 22.3 Å². The number of fused-ring (bicyclic) bond motifs is 1. The molecule has 6 heteroatoms. The van der Waals surface area contributed by atoms with E-state index in [1.807, 2.05) is 31.2 Å². The fraction of sp³-hybridized carbons (Fsp3) is 0.300. The number of para-hydroxylation sites is 2. The van der Waals surface area contributed by atoms with E-state index in [2.05, 4.69) is 16.0 Å². The summed E-state index contributed by atoms with van der Waals surface area (Å²) in [5, 5.41) is 17.1. The van der Waals surface area contributed by atoms with Crippen LogP contribution in [0.2, 0.25) is 0 Å². The van der Waals surface area contributed by atoms with Crippen molar-refractivity contribution in [1.29, 1.82) is 0 Å². The molecule has 0 fully saturated rings. The predicted molar refractivity (Wildman–Crippen MR) is 96.5 cm³/mol. The Bertz CT molecular complexity index is 818. The fourth-order valence-electron chi connectivity index (χ4n) is 2.39. The van der Waals surface area contributed by atoms with Crippen LogP contribution in [0.3, 0.4) is 0 Å². The summed E-state index contributed by atoms with van der Waals surface area (Å²) >= 11 is 0. The van der Waals surface area contributed by atoms with Gasteiger partial charge in [0.05, 0.1) is 23.2 Å². The first-order valence-corrected chi connectivity index (χ1v) is 8.14. The maximum absolute atomic E-state index is 12.9. The van der Waals surface area contributed by atoms with Gasteiger partial charge in [0.15, 0.2) is 0 Å². The van der Waals surface area contributed by atoms with Crippen molar-refractivity contribution in [2.75, 3.05) is 0 Å². The minimum absolute atomic E-state index is 0. The van der Waals surface area contributed by atoms with Gasteiger partial charge in [-0.3, -0.25) is 14.4 Å². The summed E-state index contributed by atoms with van der Waals surface area (Å²) in [5.41, 5.74) is 4.01. The van der Waals surface area contributed by atoms with Crippen molar-refractivity contribution in [3.8, 4) is 11.3 Å². The predicted octanol–water partition coefficient (Wildman–Crippen LogP) is 3.68. The molecule has 1 heterocycles. The summed E-state index contributed by atoms with van der Waals surface area (Å²) in [4.78, 5) is 9.06. The zero-order valence-corrected chi connectivity index (χ0v) is 17.3. The van der Waals surface area contributed by atoms with Crippen molar-refractivity contribution in [1.82, 2.24) is 9.97 Å². The van der Waals surface area contributed by atoms with Gasteiger partial charge in [0.25, 0.3) is 0 Å². The maximum Gasteiger partial charge on any atom is 0.0870 e. The summed E-state index contributed by atoms with van der Waals surface area (Å²) in [5.74, 6) is -0.301. The van der Waals surface area contributed by atoms with Gasteiger partial charge >= 0.3 is 0 Å². The zero-order chi connectivity index (χ0) is 18.4. The first-order chi connectivity index (χ1) is 11.9. The third-order valence-corrected chi connectivity index (χ3v) is 3.46. The third kappa shape index (κ3) is 6.54. The van der Waals surface area contributed by atoms with Crippen LogP contribution in [0.15, 0.2) is 42.5 Å². The number of rotatable bonds is 3. The number of aromatic nitrogens is 2. The number of benzene rings is 2. The molecular weight excluding hydrogens is 511 g/mol. The molecule has 0 saturated heterocycles. The Labute approximate surface area is 166 Å². The summed E-state index contributed by atoms with van der Waals surface area (Å²) < 4.78 is 12.9. The Hall–Kier alpha value is -1.72. The van der Waals surface area contributed by atoms with Crippen LogP contribution >= 0.6 is 0 Å². The Morgan fingerprint density at radius 1 is 1.00 bits per heavy atom. The molecule has 2 atom stereocenters. The molecule has 0 saturated carbocycles. The van der Waals surface area contributed by atoms with Crippen molar-refractivity contribution in [3.63, 3.8) is 0 Å². The first-order valence-electron chi connectivity index (χ1n) is 8.14. The van der Waals surface area contributed by atoms with E-state index in [-0.39, 0.29) is 38.1 Å². The fourth-order valence-corrected chi connectivity index (χ4v) is 2.39. The van der Waals surface area contributed by atoms with Crippen LogP contribution in [0.1, 0.15) is 26.0 Å². The average Bonchev–Trinajstić information content (AvgIpc) is 2.54. The number of aryl methyl sites for hydroxylation is 1. The molecule has 141 valence electrons. The first kappa shape index (κ1) is 22.3. The topological polar surface area (TPSA) is 66.2 Å². The van der Waals surface area contributed by atoms with Gasteiger partial charge in [-0.1, -0.05) is 12.1 Å². The molecule has 0 amide bonds. The van der Waals surface area contributed by atoms with E-state index < -0.39 is 0 Å². The Kier molecular flexibility index (Phi) is 8.96. The van der Waals surface area contributed by atoms with Crippen molar-refractivity contribution < 1.29 is 34.7 Å². The normalized spacial score (nSPS) is 12.5. The smallest absolute Gasteiger partial charge is 0.0870 e. The van der Waals surface area contributed by atoms with Crippen LogP contribution < -0.4 is 0 Å². The van der Waals surface area contributed by atoms with Gasteiger partial charge < -0.3 is 10.2 Å². The molecule has 3 rings (SSSR count). The van der Waals surface area contributed by atoms with E-state index in [4.69, 9.17) is 10.2 Å². The second kappa shape index (κ2) is 10.4. The van der Waals surface area contributed by atoms with Gasteiger partial charge in [0.2, 0.25) is 0 Å².